The first-order chi connectivity index (χ1) is 12.0. The Kier molecular flexibility index (Phi) is 5.74. The van der Waals surface area contributed by atoms with Gasteiger partial charge in [0.25, 0.3) is 11.1 Å². The maximum Gasteiger partial charge on any atom is 0.445 e. The van der Waals surface area contributed by atoms with Gasteiger partial charge < -0.3 is 9.64 Å². The highest BCUT2D eigenvalue weighted by Crippen LogP contribution is 2.34. The van der Waals surface area contributed by atoms with Gasteiger partial charge in [0.1, 0.15) is 0 Å². The lowest BCUT2D eigenvalue weighted by atomic mass is 10.2. The van der Waals surface area contributed by atoms with E-state index in [4.69, 9.17) is 4.74 Å². The normalized spacial score (nSPS) is 11.7. The van der Waals surface area contributed by atoms with Crippen LogP contribution in [0.4, 0.5) is 32.0 Å². The molecule has 5 nitrogen and oxygen atoms in total. The molecular formula is C14H11F6N3O2S. The van der Waals surface area contributed by atoms with Crippen molar-refractivity contribution in [2.75, 3.05) is 11.5 Å². The SMILES string of the molecule is CC(C)N(C(=O)COc1nnc(C(F)(F)F)s1)c1ccc(F)c(F)c1F. The molecule has 0 aliphatic rings. The van der Waals surface area contributed by atoms with Crippen LogP contribution >= 0.6 is 11.3 Å². The maximum absolute atomic E-state index is 13.9. The summed E-state index contributed by atoms with van der Waals surface area (Å²) in [5.74, 6) is -5.64. The van der Waals surface area contributed by atoms with E-state index in [0.29, 0.717) is 6.07 Å². The lowest BCUT2D eigenvalue weighted by molar-refractivity contribution is -0.138. The van der Waals surface area contributed by atoms with Gasteiger partial charge in [0.05, 0.1) is 5.69 Å². The van der Waals surface area contributed by atoms with Crippen molar-refractivity contribution >= 4 is 22.9 Å². The number of amides is 1. The molecule has 0 fully saturated rings. The van der Waals surface area contributed by atoms with Crippen molar-refractivity contribution in [3.8, 4) is 5.19 Å². The van der Waals surface area contributed by atoms with E-state index in [1.54, 1.807) is 0 Å². The average Bonchev–Trinajstić information content (AvgIpc) is 3.02. The molecule has 0 unspecified atom stereocenters. The predicted octanol–water partition coefficient (Wildman–Crippen LogP) is 3.79. The monoisotopic (exact) mass is 399 g/mol. The Morgan fingerprint density at radius 2 is 1.85 bits per heavy atom. The Hall–Kier alpha value is -2.37. The number of nitrogens with zero attached hydrogens (tertiary/aromatic N) is 3. The molecule has 0 spiro atoms. The molecule has 2 rings (SSSR count). The summed E-state index contributed by atoms with van der Waals surface area (Å²) in [7, 11) is 0. The topological polar surface area (TPSA) is 55.3 Å². The number of alkyl halides is 3. The lowest BCUT2D eigenvalue weighted by Crippen LogP contribution is -2.41. The highest BCUT2D eigenvalue weighted by molar-refractivity contribution is 7.13. The fraction of sp³-hybridized carbons (Fsp3) is 0.357. The molecule has 0 saturated carbocycles. The number of ether oxygens (including phenoxy) is 1. The zero-order valence-corrected chi connectivity index (χ0v) is 14.1. The van der Waals surface area contributed by atoms with Gasteiger partial charge in [0, 0.05) is 6.04 Å². The smallest absolute Gasteiger partial charge is 0.445 e. The van der Waals surface area contributed by atoms with E-state index >= 15 is 0 Å². The molecule has 0 bridgehead atoms. The second kappa shape index (κ2) is 7.48. The Bertz CT molecular complexity index is 808. The number of halogens is 6. The Morgan fingerprint density at radius 3 is 2.38 bits per heavy atom. The summed E-state index contributed by atoms with van der Waals surface area (Å²) in [5.41, 5.74) is -0.527. The van der Waals surface area contributed by atoms with E-state index in [0.717, 1.165) is 11.0 Å². The van der Waals surface area contributed by atoms with Crippen LogP contribution < -0.4 is 9.64 Å². The van der Waals surface area contributed by atoms with Crippen molar-refractivity contribution in [3.63, 3.8) is 0 Å². The van der Waals surface area contributed by atoms with Crippen LogP contribution in [0.2, 0.25) is 0 Å². The van der Waals surface area contributed by atoms with Crippen molar-refractivity contribution in [2.24, 2.45) is 0 Å². The quantitative estimate of drug-likeness (QED) is 0.567. The zero-order chi connectivity index (χ0) is 19.6. The second-order valence-corrected chi connectivity index (χ2v) is 6.15. The van der Waals surface area contributed by atoms with Crippen molar-refractivity contribution in [3.05, 3.63) is 34.6 Å². The van der Waals surface area contributed by atoms with Gasteiger partial charge in [-0.2, -0.15) is 13.2 Å². The van der Waals surface area contributed by atoms with Crippen LogP contribution in [0.3, 0.4) is 0 Å². The minimum Gasteiger partial charge on any atom is -0.459 e. The molecule has 0 saturated heterocycles. The Labute approximate surface area is 147 Å². The van der Waals surface area contributed by atoms with E-state index in [1.807, 2.05) is 0 Å². The summed E-state index contributed by atoms with van der Waals surface area (Å²) < 4.78 is 82.6. The molecule has 1 aromatic carbocycles. The fourth-order valence-electron chi connectivity index (χ4n) is 1.98. The number of rotatable bonds is 5. The van der Waals surface area contributed by atoms with Gasteiger partial charge in [-0.05, 0) is 26.0 Å². The van der Waals surface area contributed by atoms with E-state index in [1.165, 1.54) is 13.8 Å². The summed E-state index contributed by atoms with van der Waals surface area (Å²) in [6.07, 6.45) is -4.71. The summed E-state index contributed by atoms with van der Waals surface area (Å²) in [4.78, 5) is 13.1. The standard InChI is InChI=1S/C14H11F6N3O2S/c1-6(2)23(8-4-3-7(15)10(16)11(8)17)9(24)5-25-13-22-21-12(26-13)14(18,19)20/h3-4,6H,5H2,1-2H3. The number of hydrogen-bond acceptors (Lipinski definition) is 5. The lowest BCUT2D eigenvalue weighted by Gasteiger charge is -2.27. The molecule has 12 heteroatoms. The number of aromatic nitrogens is 2. The van der Waals surface area contributed by atoms with Crippen LogP contribution in [0.5, 0.6) is 5.19 Å². The minimum atomic E-state index is -4.71. The molecular weight excluding hydrogens is 388 g/mol. The number of anilines is 1. The van der Waals surface area contributed by atoms with Crippen LogP contribution in [0.25, 0.3) is 0 Å². The molecule has 2 aromatic rings. The Balaban J connectivity index is 2.17. The molecule has 142 valence electrons. The van der Waals surface area contributed by atoms with Crippen molar-refractivity contribution < 1.29 is 35.9 Å². The van der Waals surface area contributed by atoms with E-state index < -0.39 is 58.1 Å². The van der Waals surface area contributed by atoms with Crippen molar-refractivity contribution in [2.45, 2.75) is 26.1 Å². The van der Waals surface area contributed by atoms with Gasteiger partial charge >= 0.3 is 6.18 Å². The molecule has 26 heavy (non-hydrogen) atoms. The van der Waals surface area contributed by atoms with Gasteiger partial charge in [0.2, 0.25) is 5.01 Å². The first kappa shape index (κ1) is 19.9. The van der Waals surface area contributed by atoms with Gasteiger partial charge in [-0.1, -0.05) is 16.4 Å². The van der Waals surface area contributed by atoms with Gasteiger partial charge in [-0.25, -0.2) is 13.2 Å². The van der Waals surface area contributed by atoms with Crippen molar-refractivity contribution in [1.29, 1.82) is 0 Å². The number of carbonyl (C=O) groups excluding carboxylic acids is 1. The highest BCUT2D eigenvalue weighted by atomic mass is 32.1. The predicted molar refractivity (Wildman–Crippen MR) is 79.3 cm³/mol. The summed E-state index contributed by atoms with van der Waals surface area (Å²) in [6.45, 7) is 2.15. The van der Waals surface area contributed by atoms with Crippen LogP contribution in [-0.4, -0.2) is 28.8 Å². The molecule has 1 amide bonds. The Morgan fingerprint density at radius 1 is 1.19 bits per heavy atom. The molecule has 0 atom stereocenters. The number of hydrogen-bond donors (Lipinski definition) is 0. The molecule has 1 aromatic heterocycles. The minimum absolute atomic E-state index is 0.0814. The first-order valence-corrected chi connectivity index (χ1v) is 7.83. The number of benzene rings is 1. The van der Waals surface area contributed by atoms with Crippen LogP contribution in [0.15, 0.2) is 12.1 Å². The van der Waals surface area contributed by atoms with Crippen LogP contribution in [-0.2, 0) is 11.0 Å². The zero-order valence-electron chi connectivity index (χ0n) is 13.3. The average molecular weight is 399 g/mol. The molecule has 0 radical (unpaired) electrons. The van der Waals surface area contributed by atoms with E-state index in [2.05, 4.69) is 10.2 Å². The third kappa shape index (κ3) is 4.23. The van der Waals surface area contributed by atoms with Crippen LogP contribution in [0, 0.1) is 17.5 Å². The number of carbonyl (C=O) groups is 1. The van der Waals surface area contributed by atoms with Crippen molar-refractivity contribution in [1.82, 2.24) is 10.2 Å². The van der Waals surface area contributed by atoms with Crippen LogP contribution in [0.1, 0.15) is 18.9 Å². The van der Waals surface area contributed by atoms with E-state index in [9.17, 15) is 31.1 Å². The second-order valence-electron chi connectivity index (χ2n) is 5.21. The van der Waals surface area contributed by atoms with Gasteiger partial charge in [-0.15, -0.1) is 5.10 Å². The first-order valence-electron chi connectivity index (χ1n) is 7.01. The van der Waals surface area contributed by atoms with E-state index in [-0.39, 0.29) is 11.3 Å². The molecule has 0 aliphatic heterocycles. The third-order valence-electron chi connectivity index (χ3n) is 3.03. The molecule has 1 heterocycles. The highest BCUT2D eigenvalue weighted by Gasteiger charge is 2.36. The summed E-state index contributed by atoms with van der Waals surface area (Å²) in [6, 6.07) is 0.848. The largest absolute Gasteiger partial charge is 0.459 e. The third-order valence-corrected chi connectivity index (χ3v) is 3.91. The van der Waals surface area contributed by atoms with Gasteiger partial charge in [-0.3, -0.25) is 4.79 Å². The fourth-order valence-corrected chi connectivity index (χ4v) is 2.54. The summed E-state index contributed by atoms with van der Waals surface area (Å²) in [5, 5.41) is 4.26. The van der Waals surface area contributed by atoms with Gasteiger partial charge in [0.15, 0.2) is 24.1 Å². The maximum atomic E-state index is 13.9. The molecule has 0 N–H and O–H groups in total. The molecule has 0 aliphatic carbocycles. The summed E-state index contributed by atoms with van der Waals surface area (Å²) >= 11 is 0.0814.